The Hall–Kier alpha value is -5.71. The number of carboxylic acid groups (broad SMARTS) is 1. The molecule has 260 valence electrons. The molecule has 0 saturated carbocycles. The summed E-state index contributed by atoms with van der Waals surface area (Å²) >= 11 is 0. The highest BCUT2D eigenvalue weighted by Gasteiger charge is 2.47. The van der Waals surface area contributed by atoms with Crippen LogP contribution in [0.1, 0.15) is 53.7 Å². The lowest BCUT2D eigenvalue weighted by atomic mass is 9.91. The highest BCUT2D eigenvalue weighted by atomic mass is 16.6. The van der Waals surface area contributed by atoms with Crippen LogP contribution in [0, 0.1) is 0 Å². The van der Waals surface area contributed by atoms with E-state index in [-0.39, 0.29) is 18.2 Å². The Kier molecular flexibility index (Phi) is 10.7. The first-order valence-corrected chi connectivity index (χ1v) is 16.1. The third-order valence-corrected chi connectivity index (χ3v) is 8.27. The van der Waals surface area contributed by atoms with Gasteiger partial charge in [0.15, 0.2) is 29.3 Å². The molecule has 16 nitrogen and oxygen atoms in total. The number of fused-ring (bicyclic) bond motifs is 1. The summed E-state index contributed by atoms with van der Waals surface area (Å²) in [6, 6.07) is 20.6. The van der Waals surface area contributed by atoms with E-state index in [0.29, 0.717) is 54.8 Å². The summed E-state index contributed by atoms with van der Waals surface area (Å²) in [6.45, 7) is 2.70. The first kappa shape index (κ1) is 34.2. The van der Waals surface area contributed by atoms with Gasteiger partial charge in [-0.25, -0.2) is 9.97 Å². The molecule has 0 amide bonds. The molecule has 50 heavy (non-hydrogen) atoms. The number of imidazole rings is 2. The molecule has 1 saturated heterocycles. The standard InChI is InChI=1S/C33H36N10O4.CH2O2/c1-3-24-38-30(41-47-24)28-26(44)27(45)32(46-28)43-19-37-25-29(39-33(40-31(25)43)34-15-14-22-17-42(2)18-36-22)35-16-23(20-10-6-4-7-11-20)21-12-8-5-9-13-21;2-1-3/h4-13,17-19,23,26-28,32,44-45H,3,14-16H2,1-2H3,(H2,34,35,39,40);1H,(H,2,3)/t26-,27+,28-,32+;/m0./s1. The molecular formula is C34H38N10O6. The fraction of sp³-hybridized carbons (Fsp3) is 0.324. The monoisotopic (exact) mass is 682 g/mol. The number of aromatic nitrogens is 8. The molecule has 5 N–H and O–H groups in total. The number of nitrogens with zero attached hydrogens (tertiary/aromatic N) is 8. The van der Waals surface area contributed by atoms with Gasteiger partial charge < -0.3 is 39.8 Å². The fourth-order valence-electron chi connectivity index (χ4n) is 5.83. The number of aliphatic hydroxyl groups excluding tert-OH is 2. The molecule has 0 unspecified atom stereocenters. The van der Waals surface area contributed by atoms with Crippen molar-refractivity contribution in [2.24, 2.45) is 7.05 Å². The van der Waals surface area contributed by atoms with Crippen LogP contribution in [0.4, 0.5) is 11.8 Å². The van der Waals surface area contributed by atoms with E-state index < -0.39 is 24.5 Å². The summed E-state index contributed by atoms with van der Waals surface area (Å²) < 4.78 is 14.9. The zero-order chi connectivity index (χ0) is 35.0. The van der Waals surface area contributed by atoms with Gasteiger partial charge in [0.1, 0.15) is 12.2 Å². The number of carbonyl (C=O) groups is 1. The molecule has 0 aliphatic carbocycles. The average molecular weight is 683 g/mol. The molecule has 0 radical (unpaired) electrons. The van der Waals surface area contributed by atoms with E-state index >= 15 is 0 Å². The molecule has 6 aromatic rings. The van der Waals surface area contributed by atoms with Gasteiger partial charge in [0.2, 0.25) is 17.7 Å². The number of ether oxygens (including phenoxy) is 1. The molecule has 2 aromatic carbocycles. The first-order valence-electron chi connectivity index (χ1n) is 16.1. The van der Waals surface area contributed by atoms with Crippen LogP contribution in [0.25, 0.3) is 11.2 Å². The van der Waals surface area contributed by atoms with Gasteiger partial charge in [-0.3, -0.25) is 9.36 Å². The smallest absolute Gasteiger partial charge is 0.290 e. The van der Waals surface area contributed by atoms with E-state index in [2.05, 4.69) is 55.0 Å². The zero-order valence-electron chi connectivity index (χ0n) is 27.4. The van der Waals surface area contributed by atoms with Crippen molar-refractivity contribution in [3.05, 3.63) is 108 Å². The number of hydrogen-bond acceptors (Lipinski definition) is 13. The number of aliphatic hydroxyl groups is 2. The van der Waals surface area contributed by atoms with E-state index in [0.717, 1.165) is 16.8 Å². The van der Waals surface area contributed by atoms with Gasteiger partial charge in [-0.1, -0.05) is 72.7 Å². The Morgan fingerprint density at radius 1 is 0.940 bits per heavy atom. The SMILES string of the molecule is CCc1nc([C@H]2O[C@@H](n3cnc4c(NCC(c5ccccc5)c5ccccc5)nc(NCCc5cn(C)cn5)nc43)[C@H](O)[C@@H]2O)no1.O=CO. The maximum absolute atomic E-state index is 11.1. The Bertz CT molecular complexity index is 1940. The van der Waals surface area contributed by atoms with Crippen molar-refractivity contribution in [3.63, 3.8) is 0 Å². The van der Waals surface area contributed by atoms with Crippen molar-refractivity contribution in [1.82, 2.24) is 39.2 Å². The summed E-state index contributed by atoms with van der Waals surface area (Å²) in [5.74, 6) is 1.49. The average Bonchev–Trinajstić information content (AvgIpc) is 3.94. The van der Waals surface area contributed by atoms with Gasteiger partial charge >= 0.3 is 0 Å². The third kappa shape index (κ3) is 7.46. The van der Waals surface area contributed by atoms with E-state index in [1.165, 1.54) is 6.33 Å². The fourth-order valence-corrected chi connectivity index (χ4v) is 5.83. The second-order valence-corrected chi connectivity index (χ2v) is 11.6. The number of rotatable bonds is 12. The van der Waals surface area contributed by atoms with Crippen LogP contribution >= 0.6 is 0 Å². The molecule has 1 fully saturated rings. The lowest BCUT2D eigenvalue weighted by Crippen LogP contribution is -2.29. The molecule has 5 heterocycles. The van der Waals surface area contributed by atoms with Crippen molar-refractivity contribution in [2.75, 3.05) is 23.7 Å². The predicted octanol–water partition coefficient (Wildman–Crippen LogP) is 3.10. The lowest BCUT2D eigenvalue weighted by Gasteiger charge is -2.20. The van der Waals surface area contributed by atoms with Gasteiger partial charge in [0.25, 0.3) is 6.47 Å². The molecule has 16 heteroatoms. The summed E-state index contributed by atoms with van der Waals surface area (Å²) in [5.41, 5.74) is 4.16. The maximum Gasteiger partial charge on any atom is 0.290 e. The van der Waals surface area contributed by atoms with Crippen LogP contribution in [-0.2, 0) is 29.4 Å². The van der Waals surface area contributed by atoms with Gasteiger partial charge in [0, 0.05) is 45.1 Å². The minimum atomic E-state index is -1.31. The predicted molar refractivity (Wildman–Crippen MR) is 181 cm³/mol. The number of aryl methyl sites for hydroxylation is 2. The van der Waals surface area contributed by atoms with Gasteiger partial charge in [-0.2, -0.15) is 15.0 Å². The zero-order valence-corrected chi connectivity index (χ0v) is 27.4. The van der Waals surface area contributed by atoms with Crippen molar-refractivity contribution in [1.29, 1.82) is 0 Å². The van der Waals surface area contributed by atoms with Crippen LogP contribution in [0.3, 0.4) is 0 Å². The number of anilines is 2. The van der Waals surface area contributed by atoms with Crippen molar-refractivity contribution in [3.8, 4) is 0 Å². The second-order valence-electron chi connectivity index (χ2n) is 11.6. The summed E-state index contributed by atoms with van der Waals surface area (Å²) in [5, 5.41) is 39.8. The van der Waals surface area contributed by atoms with Crippen molar-refractivity contribution < 1.29 is 29.4 Å². The molecular weight excluding hydrogens is 644 g/mol. The number of benzene rings is 2. The molecule has 1 aliphatic heterocycles. The topological polar surface area (TPSA) is 211 Å². The van der Waals surface area contributed by atoms with Crippen LogP contribution in [0.15, 0.2) is 84.0 Å². The largest absolute Gasteiger partial charge is 0.483 e. The van der Waals surface area contributed by atoms with Crippen LogP contribution < -0.4 is 10.6 Å². The highest BCUT2D eigenvalue weighted by Crippen LogP contribution is 2.39. The van der Waals surface area contributed by atoms with Crippen LogP contribution in [-0.4, -0.2) is 86.3 Å². The summed E-state index contributed by atoms with van der Waals surface area (Å²) in [7, 11) is 1.93. The Balaban J connectivity index is 0.00000139. The van der Waals surface area contributed by atoms with Gasteiger partial charge in [-0.05, 0) is 11.1 Å². The highest BCUT2D eigenvalue weighted by molar-refractivity contribution is 5.84. The molecule has 7 rings (SSSR count). The van der Waals surface area contributed by atoms with Crippen molar-refractivity contribution in [2.45, 2.75) is 50.2 Å². The van der Waals surface area contributed by atoms with E-state index in [9.17, 15) is 10.2 Å². The molecule has 0 bridgehead atoms. The molecule has 1 aliphatic rings. The first-order chi connectivity index (χ1) is 24.4. The molecule has 0 spiro atoms. The van der Waals surface area contributed by atoms with Crippen LogP contribution in [0.5, 0.6) is 0 Å². The summed E-state index contributed by atoms with van der Waals surface area (Å²) in [6.07, 6.45) is 1.84. The third-order valence-electron chi connectivity index (χ3n) is 8.27. The van der Waals surface area contributed by atoms with E-state index in [1.54, 1.807) is 10.9 Å². The Labute approximate surface area is 286 Å². The van der Waals surface area contributed by atoms with E-state index in [4.69, 9.17) is 29.1 Å². The quantitative estimate of drug-likeness (QED) is 0.117. The minimum Gasteiger partial charge on any atom is -0.483 e. The Morgan fingerprint density at radius 2 is 1.64 bits per heavy atom. The Morgan fingerprint density at radius 3 is 2.26 bits per heavy atom. The van der Waals surface area contributed by atoms with E-state index in [1.807, 2.05) is 61.1 Å². The van der Waals surface area contributed by atoms with Crippen molar-refractivity contribution >= 4 is 29.4 Å². The minimum absolute atomic E-state index is 0.0314. The molecule has 4 aromatic heterocycles. The number of nitrogens with one attached hydrogen (secondary N) is 2. The number of hydrogen-bond donors (Lipinski definition) is 5. The normalized spacial score (nSPS) is 18.6. The van der Waals surface area contributed by atoms with Crippen LogP contribution in [0.2, 0.25) is 0 Å². The second kappa shape index (κ2) is 15.7. The molecule has 4 atom stereocenters. The lowest BCUT2D eigenvalue weighted by molar-refractivity contribution is -0.122. The van der Waals surface area contributed by atoms with Gasteiger partial charge in [0.05, 0.1) is 18.3 Å². The van der Waals surface area contributed by atoms with Gasteiger partial charge in [-0.15, -0.1) is 0 Å². The summed E-state index contributed by atoms with van der Waals surface area (Å²) in [4.78, 5) is 31.3. The maximum atomic E-state index is 11.1.